The van der Waals surface area contributed by atoms with E-state index < -0.39 is 8.07 Å². The molecule has 7 heteroatoms. The van der Waals surface area contributed by atoms with E-state index in [0.717, 1.165) is 25.8 Å². The Morgan fingerprint density at radius 3 is 2.45 bits per heavy atom. The van der Waals surface area contributed by atoms with Crippen molar-refractivity contribution >= 4 is 13.4 Å². The molecule has 1 rings (SSSR count). The molecule has 0 aliphatic heterocycles. The number of azo groups is 1. The van der Waals surface area contributed by atoms with E-state index in [1.807, 2.05) is 4.68 Å². The molecule has 22 heavy (non-hydrogen) atoms. The molecule has 1 heterocycles. The summed E-state index contributed by atoms with van der Waals surface area (Å²) in [7, 11) is -1.33. The number of nitrogens with zero attached hydrogens (tertiary/aromatic N) is 5. The van der Waals surface area contributed by atoms with Gasteiger partial charge < -0.3 is 5.21 Å². The van der Waals surface area contributed by atoms with Crippen LogP contribution in [0.4, 0.5) is 0 Å². The van der Waals surface area contributed by atoms with Crippen LogP contribution in [-0.4, -0.2) is 34.5 Å². The van der Waals surface area contributed by atoms with Crippen molar-refractivity contribution in [3.63, 3.8) is 0 Å². The van der Waals surface area contributed by atoms with Crippen LogP contribution in [0.2, 0.25) is 19.6 Å². The summed E-state index contributed by atoms with van der Waals surface area (Å²) in [6.45, 7) is 11.8. The first-order valence-corrected chi connectivity index (χ1v) is 11.6. The van der Waals surface area contributed by atoms with Crippen LogP contribution in [0, 0.1) is 5.21 Å². The molecule has 0 saturated heterocycles. The molecule has 0 fully saturated rings. The van der Waals surface area contributed by atoms with Gasteiger partial charge in [0.1, 0.15) is 14.6 Å². The summed E-state index contributed by atoms with van der Waals surface area (Å²) in [5.74, 6) is 0. The summed E-state index contributed by atoms with van der Waals surface area (Å²) in [5.41, 5.74) is 0. The van der Waals surface area contributed by atoms with Gasteiger partial charge in [-0.3, -0.25) is 4.68 Å². The number of rotatable bonds is 11. The van der Waals surface area contributed by atoms with Crippen molar-refractivity contribution in [3.05, 3.63) is 24.2 Å². The fourth-order valence-electron chi connectivity index (χ4n) is 2.07. The maximum Gasteiger partial charge on any atom is 0.202 e. The minimum atomic E-state index is -1.33. The van der Waals surface area contributed by atoms with Gasteiger partial charge in [0.05, 0.1) is 5.32 Å². The van der Waals surface area contributed by atoms with Crippen LogP contribution in [0.1, 0.15) is 38.5 Å². The highest BCUT2D eigenvalue weighted by Crippen LogP contribution is 2.07. The highest BCUT2D eigenvalue weighted by Gasteiger charge is 2.20. The minimum absolute atomic E-state index is 0.535. The predicted molar refractivity (Wildman–Crippen MR) is 91.8 cm³/mol. The lowest BCUT2D eigenvalue weighted by Gasteiger charge is -2.09. The second kappa shape index (κ2) is 9.50. The molecule has 0 N–H and O–H groups in total. The van der Waals surface area contributed by atoms with Crippen molar-refractivity contribution in [1.29, 1.82) is 0 Å². The zero-order valence-corrected chi connectivity index (χ0v) is 15.2. The first kappa shape index (κ1) is 18.5. The van der Waals surface area contributed by atoms with Gasteiger partial charge in [-0.1, -0.05) is 55.4 Å². The van der Waals surface area contributed by atoms with Crippen LogP contribution in [0.5, 0.6) is 0 Å². The molecule has 0 aliphatic carbocycles. The van der Waals surface area contributed by atoms with Crippen LogP contribution in [0.15, 0.2) is 24.1 Å². The van der Waals surface area contributed by atoms with Crippen molar-refractivity contribution in [2.24, 2.45) is 5.11 Å². The zero-order chi connectivity index (χ0) is 16.4. The largest absolute Gasteiger partial charge is 0.595 e. The van der Waals surface area contributed by atoms with E-state index in [9.17, 15) is 5.21 Å². The molecular formula is C15H29N5OSi. The van der Waals surface area contributed by atoms with E-state index in [4.69, 9.17) is 0 Å². The van der Waals surface area contributed by atoms with Crippen LogP contribution < -0.4 is 5.32 Å². The Balaban J connectivity index is 2.04. The van der Waals surface area contributed by atoms with Gasteiger partial charge in [0, 0.05) is 12.7 Å². The highest BCUT2D eigenvalue weighted by atomic mass is 28.3. The third-order valence-electron chi connectivity index (χ3n) is 3.50. The summed E-state index contributed by atoms with van der Waals surface area (Å²) in [5, 5.41) is 24.3. The summed E-state index contributed by atoms with van der Waals surface area (Å²) < 4.78 is 1.98. The number of hydrogen-bond donors (Lipinski definition) is 0. The van der Waals surface area contributed by atoms with Crippen LogP contribution in [0.3, 0.4) is 0 Å². The Labute approximate surface area is 134 Å². The standard InChI is InChI=1S/C15H29N5OSi/c1-5-20(21)16-12-10-8-6-7-9-11-13-19-14-15(17-18-19)22(2,3)4/h5,14H,1,6-13H2,2-4H3. The van der Waals surface area contributed by atoms with E-state index in [2.05, 4.69) is 47.8 Å². The van der Waals surface area contributed by atoms with Gasteiger partial charge in [-0.05, 0) is 24.5 Å². The Morgan fingerprint density at radius 1 is 1.23 bits per heavy atom. The van der Waals surface area contributed by atoms with E-state index >= 15 is 0 Å². The molecule has 0 amide bonds. The van der Waals surface area contributed by atoms with Crippen molar-refractivity contribution in [1.82, 2.24) is 15.0 Å². The van der Waals surface area contributed by atoms with Gasteiger partial charge in [0.15, 0.2) is 0 Å². The van der Waals surface area contributed by atoms with Gasteiger partial charge in [-0.2, -0.15) is 0 Å². The summed E-state index contributed by atoms with van der Waals surface area (Å²) in [6.07, 6.45) is 10.1. The van der Waals surface area contributed by atoms with Gasteiger partial charge in [-0.25, -0.2) is 0 Å². The molecule has 0 unspecified atom stereocenters. The van der Waals surface area contributed by atoms with Gasteiger partial charge in [0.2, 0.25) is 6.20 Å². The molecular weight excluding hydrogens is 294 g/mol. The Morgan fingerprint density at radius 2 is 1.86 bits per heavy atom. The fourth-order valence-corrected chi connectivity index (χ4v) is 2.95. The molecule has 0 aromatic carbocycles. The van der Waals surface area contributed by atoms with E-state index in [1.54, 1.807) is 0 Å². The molecule has 0 saturated carbocycles. The number of hydroxylamine groups is 1. The quantitative estimate of drug-likeness (QED) is 0.206. The van der Waals surface area contributed by atoms with Crippen molar-refractivity contribution < 1.29 is 4.86 Å². The molecule has 1 aromatic rings. The molecule has 0 spiro atoms. The van der Waals surface area contributed by atoms with Crippen LogP contribution >= 0.6 is 0 Å². The second-order valence-electron chi connectivity index (χ2n) is 6.59. The van der Waals surface area contributed by atoms with Crippen molar-refractivity contribution in [2.45, 2.75) is 64.7 Å². The van der Waals surface area contributed by atoms with Crippen molar-refractivity contribution in [2.75, 3.05) is 6.54 Å². The van der Waals surface area contributed by atoms with E-state index in [0.29, 0.717) is 11.4 Å². The van der Waals surface area contributed by atoms with Gasteiger partial charge >= 0.3 is 0 Å². The Bertz CT molecular complexity index is 479. The highest BCUT2D eigenvalue weighted by molar-refractivity contribution is 6.88. The normalized spacial score (nSPS) is 12.6. The number of aromatic nitrogens is 3. The fraction of sp³-hybridized carbons (Fsp3) is 0.733. The maximum atomic E-state index is 10.8. The lowest BCUT2D eigenvalue weighted by Crippen LogP contribution is -2.38. The molecule has 124 valence electrons. The van der Waals surface area contributed by atoms with E-state index in [-0.39, 0.29) is 0 Å². The number of hydrogen-bond acceptors (Lipinski definition) is 4. The lowest BCUT2D eigenvalue weighted by molar-refractivity contribution is -0.458. The molecule has 0 aliphatic rings. The zero-order valence-electron chi connectivity index (χ0n) is 14.2. The number of aryl methyl sites for hydroxylation is 1. The first-order valence-electron chi connectivity index (χ1n) is 8.10. The third-order valence-corrected chi connectivity index (χ3v) is 5.26. The Hall–Kier alpha value is -1.50. The van der Waals surface area contributed by atoms with E-state index in [1.165, 1.54) is 30.8 Å². The monoisotopic (exact) mass is 323 g/mol. The first-order chi connectivity index (χ1) is 10.4. The summed E-state index contributed by atoms with van der Waals surface area (Å²) in [4.78, 5) is 0.535. The SMILES string of the molecule is C=C[N+]([O-])=NCCCCCCCCn1cc([Si](C)(C)C)nn1. The second-order valence-corrected chi connectivity index (χ2v) is 11.6. The average molecular weight is 324 g/mol. The average Bonchev–Trinajstić information content (AvgIpc) is 2.94. The predicted octanol–water partition coefficient (Wildman–Crippen LogP) is 3.27. The molecule has 1 aromatic heterocycles. The topological polar surface area (TPSA) is 69.1 Å². The molecule has 0 radical (unpaired) electrons. The molecule has 0 bridgehead atoms. The number of unbranched alkanes of at least 4 members (excludes halogenated alkanes) is 5. The van der Waals surface area contributed by atoms with Gasteiger partial charge in [0.25, 0.3) is 0 Å². The Kier molecular flexibility index (Phi) is 8.01. The van der Waals surface area contributed by atoms with Gasteiger partial charge in [-0.15, -0.1) is 5.10 Å². The molecule has 6 nitrogen and oxygen atoms in total. The smallest absolute Gasteiger partial charge is 0.202 e. The third kappa shape index (κ3) is 7.49. The lowest BCUT2D eigenvalue weighted by atomic mass is 10.1. The molecule has 0 atom stereocenters. The summed E-state index contributed by atoms with van der Waals surface area (Å²) >= 11 is 0. The summed E-state index contributed by atoms with van der Waals surface area (Å²) in [6, 6.07) is 0. The van der Waals surface area contributed by atoms with Crippen LogP contribution in [-0.2, 0) is 6.54 Å². The van der Waals surface area contributed by atoms with Crippen molar-refractivity contribution in [3.8, 4) is 0 Å². The maximum absolute atomic E-state index is 10.8. The minimum Gasteiger partial charge on any atom is -0.595 e. The van der Waals surface area contributed by atoms with Crippen LogP contribution in [0.25, 0.3) is 0 Å².